The molecule has 9 heteroatoms. The predicted octanol–water partition coefficient (Wildman–Crippen LogP) is 1.52. The van der Waals surface area contributed by atoms with Gasteiger partial charge in [0.15, 0.2) is 0 Å². The summed E-state index contributed by atoms with van der Waals surface area (Å²) in [5, 5.41) is 15.6. The van der Waals surface area contributed by atoms with Crippen LogP contribution in [-0.2, 0) is 6.54 Å². The molecule has 1 N–H and O–H groups in total. The summed E-state index contributed by atoms with van der Waals surface area (Å²) in [5.74, 6) is 0.600. The summed E-state index contributed by atoms with van der Waals surface area (Å²) < 4.78 is 0. The molecule has 0 bridgehead atoms. The quantitative estimate of drug-likeness (QED) is 0.655. The number of thiazole rings is 1. The van der Waals surface area contributed by atoms with Crippen molar-refractivity contribution >= 4 is 28.8 Å². The van der Waals surface area contributed by atoms with Gasteiger partial charge in [-0.3, -0.25) is 10.1 Å². The lowest BCUT2D eigenvalue weighted by atomic mass is 10.4. The number of hydrogen-bond donors (Lipinski definition) is 1. The largest absolute Gasteiger partial charge is 0.357 e. The zero-order valence-corrected chi connectivity index (χ0v) is 11.2. The van der Waals surface area contributed by atoms with Crippen molar-refractivity contribution in [2.45, 2.75) is 6.54 Å². The first kappa shape index (κ1) is 13.1. The van der Waals surface area contributed by atoms with Gasteiger partial charge in [-0.2, -0.15) is 4.98 Å². The predicted molar refractivity (Wildman–Crippen MR) is 72.5 cm³/mol. The Balaban J connectivity index is 2.32. The van der Waals surface area contributed by atoms with Crippen LogP contribution in [0.15, 0.2) is 17.1 Å². The van der Waals surface area contributed by atoms with E-state index in [1.807, 2.05) is 5.38 Å². The third kappa shape index (κ3) is 2.94. The van der Waals surface area contributed by atoms with Crippen molar-refractivity contribution in [3.05, 3.63) is 32.9 Å². The number of aromatic nitrogens is 3. The molecule has 8 nitrogen and oxygen atoms in total. The van der Waals surface area contributed by atoms with Crippen LogP contribution in [0.2, 0.25) is 0 Å². The van der Waals surface area contributed by atoms with E-state index >= 15 is 0 Å². The summed E-state index contributed by atoms with van der Waals surface area (Å²) in [4.78, 5) is 24.3. The Labute approximate surface area is 113 Å². The number of nitrogens with one attached hydrogen (secondary N) is 1. The molecule has 2 aromatic rings. The van der Waals surface area contributed by atoms with Gasteiger partial charge in [0.25, 0.3) is 0 Å². The van der Waals surface area contributed by atoms with Gasteiger partial charge in [-0.05, 0) is 0 Å². The molecule has 2 heterocycles. The second-order valence-corrected chi connectivity index (χ2v) is 4.46. The van der Waals surface area contributed by atoms with E-state index in [2.05, 4.69) is 20.3 Å². The van der Waals surface area contributed by atoms with Crippen molar-refractivity contribution in [3.63, 3.8) is 0 Å². The van der Waals surface area contributed by atoms with Gasteiger partial charge in [-0.15, -0.1) is 11.3 Å². The number of anilines is 2. The summed E-state index contributed by atoms with van der Waals surface area (Å²) in [7, 11) is 3.39. The molecule has 0 aromatic carbocycles. The van der Waals surface area contributed by atoms with Gasteiger partial charge in [0.2, 0.25) is 11.8 Å². The van der Waals surface area contributed by atoms with Crippen molar-refractivity contribution in [1.29, 1.82) is 0 Å². The van der Waals surface area contributed by atoms with E-state index in [-0.39, 0.29) is 11.5 Å². The third-order valence-electron chi connectivity index (χ3n) is 2.41. The van der Waals surface area contributed by atoms with E-state index in [9.17, 15) is 10.1 Å². The maximum absolute atomic E-state index is 11.0. The van der Waals surface area contributed by atoms with Crippen LogP contribution in [0.25, 0.3) is 0 Å². The summed E-state index contributed by atoms with van der Waals surface area (Å²) in [6.07, 6.45) is 1.20. The standard InChI is InChI=1S/C10H12N6O2S/c1-11-10-12-3-8(16(17)18)9(14-10)15(2)4-7-5-19-6-13-7/h3,5-6H,4H2,1-2H3,(H,11,12,14). The van der Waals surface area contributed by atoms with Crippen LogP contribution >= 0.6 is 11.3 Å². The molecule has 19 heavy (non-hydrogen) atoms. The second kappa shape index (κ2) is 5.57. The SMILES string of the molecule is CNc1ncc([N+](=O)[O-])c(N(C)Cc2cscn2)n1. The molecule has 0 spiro atoms. The Hall–Kier alpha value is -2.29. The Morgan fingerprint density at radius 1 is 1.53 bits per heavy atom. The molecule has 0 radical (unpaired) electrons. The Morgan fingerprint density at radius 3 is 2.89 bits per heavy atom. The highest BCUT2D eigenvalue weighted by atomic mass is 32.1. The maximum Gasteiger partial charge on any atom is 0.329 e. The molecule has 0 saturated heterocycles. The van der Waals surface area contributed by atoms with Gasteiger partial charge in [0.05, 0.1) is 22.7 Å². The van der Waals surface area contributed by atoms with Crippen molar-refractivity contribution in [2.75, 3.05) is 24.3 Å². The van der Waals surface area contributed by atoms with Gasteiger partial charge < -0.3 is 10.2 Å². The van der Waals surface area contributed by atoms with Gasteiger partial charge in [0.1, 0.15) is 6.20 Å². The Morgan fingerprint density at radius 2 is 2.32 bits per heavy atom. The molecule has 2 aromatic heterocycles. The molecule has 0 aliphatic heterocycles. The zero-order valence-electron chi connectivity index (χ0n) is 10.4. The van der Waals surface area contributed by atoms with Gasteiger partial charge in [-0.1, -0.05) is 0 Å². The van der Waals surface area contributed by atoms with E-state index in [1.54, 1.807) is 24.5 Å². The van der Waals surface area contributed by atoms with E-state index in [0.29, 0.717) is 12.5 Å². The van der Waals surface area contributed by atoms with E-state index in [4.69, 9.17) is 0 Å². The van der Waals surface area contributed by atoms with Gasteiger partial charge in [-0.25, -0.2) is 9.97 Å². The smallest absolute Gasteiger partial charge is 0.329 e. The highest BCUT2D eigenvalue weighted by Gasteiger charge is 2.21. The van der Waals surface area contributed by atoms with Crippen molar-refractivity contribution in [1.82, 2.24) is 15.0 Å². The van der Waals surface area contributed by atoms with Crippen LogP contribution in [0.1, 0.15) is 5.69 Å². The van der Waals surface area contributed by atoms with Crippen LogP contribution in [0, 0.1) is 10.1 Å². The molecular weight excluding hydrogens is 268 g/mol. The summed E-state index contributed by atoms with van der Waals surface area (Å²) in [6.45, 7) is 0.449. The molecule has 0 amide bonds. The summed E-state index contributed by atoms with van der Waals surface area (Å²) >= 11 is 1.48. The molecule has 0 saturated carbocycles. The zero-order chi connectivity index (χ0) is 13.8. The third-order valence-corrected chi connectivity index (χ3v) is 3.05. The Bertz CT molecular complexity index is 573. The van der Waals surface area contributed by atoms with Crippen LogP contribution in [0.3, 0.4) is 0 Å². The summed E-state index contributed by atoms with van der Waals surface area (Å²) in [5.41, 5.74) is 2.43. The van der Waals surface area contributed by atoms with Gasteiger partial charge >= 0.3 is 5.69 Å². The fourth-order valence-electron chi connectivity index (χ4n) is 1.53. The van der Waals surface area contributed by atoms with Crippen LogP contribution < -0.4 is 10.2 Å². The average molecular weight is 280 g/mol. The highest BCUT2D eigenvalue weighted by molar-refractivity contribution is 7.07. The first-order chi connectivity index (χ1) is 9.11. The number of nitrogens with zero attached hydrogens (tertiary/aromatic N) is 5. The molecule has 0 unspecified atom stereocenters. The van der Waals surface area contributed by atoms with Crippen LogP contribution in [0.4, 0.5) is 17.5 Å². The lowest BCUT2D eigenvalue weighted by Gasteiger charge is -2.17. The molecular formula is C10H12N6O2S. The lowest BCUT2D eigenvalue weighted by molar-refractivity contribution is -0.384. The normalized spacial score (nSPS) is 10.2. The van der Waals surface area contributed by atoms with E-state index in [0.717, 1.165) is 5.69 Å². The summed E-state index contributed by atoms with van der Waals surface area (Å²) in [6, 6.07) is 0. The fourth-order valence-corrected chi connectivity index (χ4v) is 2.08. The van der Waals surface area contributed by atoms with E-state index < -0.39 is 4.92 Å². The minimum absolute atomic E-state index is 0.128. The first-order valence-corrected chi connectivity index (χ1v) is 6.33. The van der Waals surface area contributed by atoms with E-state index in [1.165, 1.54) is 17.5 Å². The second-order valence-electron chi connectivity index (χ2n) is 3.75. The number of hydrogen-bond acceptors (Lipinski definition) is 8. The fraction of sp³-hybridized carbons (Fsp3) is 0.300. The molecule has 0 aliphatic rings. The molecule has 0 aliphatic carbocycles. The minimum atomic E-state index is -0.494. The number of nitro groups is 1. The molecule has 100 valence electrons. The molecule has 0 fully saturated rings. The average Bonchev–Trinajstić information content (AvgIpc) is 2.90. The molecule has 0 atom stereocenters. The van der Waals surface area contributed by atoms with Crippen LogP contribution in [-0.4, -0.2) is 34.0 Å². The monoisotopic (exact) mass is 280 g/mol. The van der Waals surface area contributed by atoms with Gasteiger partial charge in [0, 0.05) is 19.5 Å². The number of rotatable bonds is 5. The lowest BCUT2D eigenvalue weighted by Crippen LogP contribution is -2.20. The molecule has 2 rings (SSSR count). The van der Waals surface area contributed by atoms with Crippen molar-refractivity contribution in [2.24, 2.45) is 0 Å². The highest BCUT2D eigenvalue weighted by Crippen LogP contribution is 2.26. The maximum atomic E-state index is 11.0. The van der Waals surface area contributed by atoms with Crippen LogP contribution in [0.5, 0.6) is 0 Å². The minimum Gasteiger partial charge on any atom is -0.357 e. The first-order valence-electron chi connectivity index (χ1n) is 5.39. The topological polar surface area (TPSA) is 97.1 Å². The Kier molecular flexibility index (Phi) is 3.85. The van der Waals surface area contributed by atoms with Crippen molar-refractivity contribution < 1.29 is 4.92 Å². The van der Waals surface area contributed by atoms with Crippen molar-refractivity contribution in [3.8, 4) is 0 Å².